The fourth-order valence-corrected chi connectivity index (χ4v) is 11.0. The number of nitrogens with zero attached hydrogens (tertiary/aromatic N) is 4. The molecule has 374 valence electrons. The van der Waals surface area contributed by atoms with Gasteiger partial charge in [0.15, 0.2) is 27.0 Å². The number of hydrogen-bond acceptors (Lipinski definition) is 17. The number of ether oxygens (including phenoxy) is 5. The molecule has 2 aromatic heterocycles. The Morgan fingerprint density at radius 2 is 1.84 bits per heavy atom. The van der Waals surface area contributed by atoms with Crippen molar-refractivity contribution in [3.05, 3.63) is 40.7 Å². The van der Waals surface area contributed by atoms with Crippen LogP contribution in [0.3, 0.4) is 0 Å². The van der Waals surface area contributed by atoms with Crippen LogP contribution in [-0.4, -0.2) is 139 Å². The molecule has 1 saturated heterocycles. The van der Waals surface area contributed by atoms with E-state index in [4.69, 9.17) is 38.7 Å². The number of Topliss-reactive ketones (excluding diaryl/α,β-unsaturated/α-hetero) is 1. The first-order chi connectivity index (χ1) is 31.2. The number of nitrogens with one attached hydrogen (secondary N) is 1. The number of alkyl halides is 1. The molecule has 0 spiro atoms. The number of nitrogen functional groups attached to an aromatic ring is 1. The Labute approximate surface area is 399 Å². The molecule has 1 fully saturated rings. The third-order valence-corrected chi connectivity index (χ3v) is 14.6. The van der Waals surface area contributed by atoms with Crippen molar-refractivity contribution in [3.63, 3.8) is 0 Å². The van der Waals surface area contributed by atoms with Gasteiger partial charge in [0.1, 0.15) is 40.5 Å². The van der Waals surface area contributed by atoms with E-state index in [1.807, 2.05) is 34.0 Å². The number of aliphatic hydroxyl groups is 1. The lowest BCUT2D eigenvalue weighted by atomic mass is 9.76. The molecule has 3 aliphatic rings. The zero-order valence-electron chi connectivity index (χ0n) is 41.6. The highest BCUT2D eigenvalue weighted by atomic mass is 32.1. The molecule has 5 heterocycles. The minimum absolute atomic E-state index is 0.000664. The highest BCUT2D eigenvalue weighted by Crippen LogP contribution is 2.42. The summed E-state index contributed by atoms with van der Waals surface area (Å²) in [4.78, 5) is 59.0. The number of nitrogens with two attached hydrogens (primary N) is 1. The van der Waals surface area contributed by atoms with Gasteiger partial charge in [-0.1, -0.05) is 32.9 Å². The van der Waals surface area contributed by atoms with Crippen LogP contribution in [0, 0.1) is 11.8 Å². The van der Waals surface area contributed by atoms with Gasteiger partial charge in [0.05, 0.1) is 36.7 Å². The molecule has 12 atom stereocenters. The van der Waals surface area contributed by atoms with Crippen molar-refractivity contribution in [1.29, 1.82) is 0 Å². The van der Waals surface area contributed by atoms with E-state index in [1.165, 1.54) is 25.2 Å². The predicted octanol–water partition coefficient (Wildman–Crippen LogP) is 6.35. The lowest BCUT2D eigenvalue weighted by Crippen LogP contribution is -2.62. The number of cyclic esters (lactones) is 1. The van der Waals surface area contributed by atoms with Crippen molar-refractivity contribution in [2.45, 2.75) is 174 Å². The van der Waals surface area contributed by atoms with E-state index in [2.05, 4.69) is 45.0 Å². The van der Waals surface area contributed by atoms with Crippen LogP contribution in [0.4, 0.5) is 10.2 Å². The van der Waals surface area contributed by atoms with Gasteiger partial charge in [-0.05, 0) is 111 Å². The Kier molecular flexibility index (Phi) is 17.7. The Morgan fingerprint density at radius 3 is 2.42 bits per heavy atom. The Balaban J connectivity index is 1.70. The summed E-state index contributed by atoms with van der Waals surface area (Å²) < 4.78 is 57.1. The smallest absolute Gasteiger partial charge is 0.351 e. The van der Waals surface area contributed by atoms with Gasteiger partial charge in [0, 0.05) is 41.2 Å². The number of amides is 1. The standard InChI is InChI=1S/C47H73FN6O11SSi/c1-15-34-47(9,58)41-28(5)37(52-36(55)16-2)26(3)20-45(7,60-23-32(22-59-41)53-61-24-31-18-17-30(21-50-31)42-51-35(49)25-66-42)40(29(6)39(56)46(8,48)44(57)63-34)64-43-38(65-67(12,13)14)33(54(10)11)19-27(4)62-43/h17-18,21,25-27,29,33-34,38,40-41,43,58H,15-16,19-20,22-24,49H2,1-14H3,(H,52,55)/b37-28+,53-32?/t26-,27-,29+,33+,34-,38-,40-,41-,43+,45-,46+,47-/m1/s1. The summed E-state index contributed by atoms with van der Waals surface area (Å²) in [7, 11) is 1.61. The number of thiazole rings is 1. The van der Waals surface area contributed by atoms with E-state index < -0.39 is 79.5 Å². The monoisotopic (exact) mass is 976 g/mol. The number of anilines is 1. The van der Waals surface area contributed by atoms with Gasteiger partial charge in [0.2, 0.25) is 5.91 Å². The number of halogens is 1. The second-order valence-corrected chi connectivity index (χ2v) is 25.3. The molecule has 0 saturated carbocycles. The molecular formula is C47H73FN6O11SSi. The summed E-state index contributed by atoms with van der Waals surface area (Å²) in [6.45, 7) is 20.0. The minimum Gasteiger partial charge on any atom is -0.457 e. The molecule has 5 rings (SSSR count). The van der Waals surface area contributed by atoms with Crippen molar-refractivity contribution in [2.24, 2.45) is 17.0 Å². The number of ketones is 1. The summed E-state index contributed by atoms with van der Waals surface area (Å²) in [5, 5.41) is 22.6. The maximum atomic E-state index is 17.2. The molecule has 0 radical (unpaired) electrons. The van der Waals surface area contributed by atoms with Gasteiger partial charge in [-0.25, -0.2) is 14.2 Å². The number of rotatable bonds is 12. The maximum absolute atomic E-state index is 17.2. The molecule has 1 amide bonds. The van der Waals surface area contributed by atoms with Crippen LogP contribution in [0.2, 0.25) is 19.6 Å². The second-order valence-electron chi connectivity index (χ2n) is 20.0. The number of aromatic nitrogens is 2. The Hall–Kier alpha value is -3.73. The number of hydrogen-bond donors (Lipinski definition) is 3. The van der Waals surface area contributed by atoms with Crippen molar-refractivity contribution < 1.29 is 56.8 Å². The first kappa shape index (κ1) is 54.2. The number of pyridine rings is 1. The van der Waals surface area contributed by atoms with Gasteiger partial charge in [-0.2, -0.15) is 0 Å². The zero-order chi connectivity index (χ0) is 49.8. The number of likely N-dealkylation sites (N-methyl/N-ethyl adjacent to an activating group) is 1. The third-order valence-electron chi connectivity index (χ3n) is 12.7. The number of oxime groups is 1. The topological polar surface area (TPSA) is 215 Å². The van der Waals surface area contributed by atoms with E-state index in [-0.39, 0.29) is 62.8 Å². The summed E-state index contributed by atoms with van der Waals surface area (Å²) in [6.07, 6.45) is -3.59. The molecular weight excluding hydrogens is 904 g/mol. The Bertz CT molecular complexity index is 2110. The molecule has 3 aliphatic heterocycles. The average Bonchev–Trinajstić information content (AvgIpc) is 3.69. The molecule has 0 aliphatic carbocycles. The molecule has 20 heteroatoms. The maximum Gasteiger partial charge on any atom is 0.351 e. The van der Waals surface area contributed by atoms with Gasteiger partial charge >= 0.3 is 5.97 Å². The van der Waals surface area contributed by atoms with Crippen LogP contribution in [0.25, 0.3) is 10.6 Å². The number of carbonyl (C=O) groups excluding carboxylic acids is 3. The Morgan fingerprint density at radius 1 is 1.13 bits per heavy atom. The number of allylic oxidation sites excluding steroid dienone is 1. The first-order valence-corrected chi connectivity index (χ1v) is 27.4. The van der Waals surface area contributed by atoms with Gasteiger partial charge < -0.3 is 54.0 Å². The lowest BCUT2D eigenvalue weighted by molar-refractivity contribution is -0.293. The quantitative estimate of drug-likeness (QED) is 0.0915. The van der Waals surface area contributed by atoms with Crippen LogP contribution < -0.4 is 11.1 Å². The minimum atomic E-state index is -3.20. The van der Waals surface area contributed by atoms with Gasteiger partial charge in [-0.15, -0.1) is 11.3 Å². The third kappa shape index (κ3) is 12.9. The zero-order valence-corrected chi connectivity index (χ0v) is 43.5. The highest BCUT2D eigenvalue weighted by molar-refractivity contribution is 7.13. The largest absolute Gasteiger partial charge is 0.457 e. The summed E-state index contributed by atoms with van der Waals surface area (Å²) in [5.41, 5.74) is 1.41. The summed E-state index contributed by atoms with van der Waals surface area (Å²) >= 11 is 1.40. The van der Waals surface area contributed by atoms with Crippen LogP contribution in [0.5, 0.6) is 0 Å². The van der Waals surface area contributed by atoms with E-state index in [0.717, 1.165) is 17.5 Å². The molecule has 17 nitrogen and oxygen atoms in total. The SMILES string of the molecule is CCC(=O)N/C1=C(\C)[C@H]2OCC(=NOCc3ccc(-c4nc(N)cs4)cn3)CO[C@](C)(C[C@H]1C)[C@H](O[C@@H]1O[C@H](C)C[C@H](N(C)C)[C@H]1O[Si](C)(C)C)[C@@H](C)C(=O)[C@](C)(F)C(=O)O[C@H](CC)[C@@]2(C)O. The average molecular weight is 977 g/mol. The van der Waals surface area contributed by atoms with Crippen molar-refractivity contribution in [2.75, 3.05) is 33.0 Å². The van der Waals surface area contributed by atoms with E-state index >= 15 is 4.39 Å². The molecule has 4 N–H and O–H groups in total. The molecule has 2 bridgehead atoms. The lowest BCUT2D eigenvalue weighted by Gasteiger charge is -2.49. The fourth-order valence-electron chi connectivity index (χ4n) is 9.26. The van der Waals surface area contributed by atoms with Crippen LogP contribution in [-0.2, 0) is 53.9 Å². The summed E-state index contributed by atoms with van der Waals surface area (Å²) in [6, 6.07) is 3.46. The number of fused-ring (bicyclic) bond motifs is 4. The highest BCUT2D eigenvalue weighted by Gasteiger charge is 2.56. The van der Waals surface area contributed by atoms with E-state index in [9.17, 15) is 19.5 Å². The second kappa shape index (κ2) is 21.9. The molecule has 0 unspecified atom stereocenters. The molecule has 2 aromatic rings. The normalized spacial score (nSPS) is 35.7. The fraction of sp³-hybridized carbons (Fsp3) is 0.702. The molecule has 0 aromatic carbocycles. The number of carbonyl (C=O) groups is 3. The van der Waals surface area contributed by atoms with Crippen LogP contribution >= 0.6 is 11.3 Å². The van der Waals surface area contributed by atoms with Crippen molar-refractivity contribution >= 4 is 48.8 Å². The van der Waals surface area contributed by atoms with Crippen LogP contribution in [0.15, 0.2) is 40.1 Å². The summed E-state index contributed by atoms with van der Waals surface area (Å²) in [5.74, 6) is -4.48. The predicted molar refractivity (Wildman–Crippen MR) is 255 cm³/mol. The number of esters is 1. The van der Waals surface area contributed by atoms with Crippen LogP contribution in [0.1, 0.15) is 93.7 Å². The van der Waals surface area contributed by atoms with Crippen molar-refractivity contribution in [1.82, 2.24) is 20.2 Å². The van der Waals surface area contributed by atoms with Crippen molar-refractivity contribution in [3.8, 4) is 10.6 Å². The first-order valence-electron chi connectivity index (χ1n) is 23.1. The molecule has 67 heavy (non-hydrogen) atoms. The van der Waals surface area contributed by atoms with E-state index in [0.29, 0.717) is 29.2 Å². The van der Waals surface area contributed by atoms with E-state index in [1.54, 1.807) is 45.3 Å². The van der Waals surface area contributed by atoms with Gasteiger partial charge in [0.25, 0.3) is 5.67 Å². The van der Waals surface area contributed by atoms with Gasteiger partial charge in [-0.3, -0.25) is 14.6 Å².